The fourth-order valence-electron chi connectivity index (χ4n) is 3.38. The Balaban J connectivity index is 1.33. The molecule has 1 aliphatic heterocycles. The Morgan fingerprint density at radius 3 is 2.38 bits per heavy atom. The number of rotatable bonds is 8. The first kappa shape index (κ1) is 17.2. The average Bonchev–Trinajstić information content (AvgIpc) is 2.96. The van der Waals surface area contributed by atoms with E-state index >= 15 is 0 Å². The first-order valence-electron chi connectivity index (χ1n) is 8.94. The first-order chi connectivity index (χ1) is 11.8. The van der Waals surface area contributed by atoms with Crippen molar-refractivity contribution in [3.05, 3.63) is 71.8 Å². The third-order valence-corrected chi connectivity index (χ3v) is 4.72. The number of nitrogens with one attached hydrogen (secondary N) is 1. The Kier molecular flexibility index (Phi) is 6.41. The predicted octanol–water partition coefficient (Wildman–Crippen LogP) is 3.46. The molecule has 3 nitrogen and oxygen atoms in total. The first-order valence-corrected chi connectivity index (χ1v) is 8.94. The van der Waals surface area contributed by atoms with Gasteiger partial charge in [-0.3, -0.25) is 4.90 Å². The molecule has 1 heterocycles. The molecule has 0 aromatic heterocycles. The van der Waals surface area contributed by atoms with Crippen LogP contribution in [0.5, 0.6) is 0 Å². The minimum Gasteiger partial charge on any atom is -0.375 e. The number of likely N-dealkylation sites (tertiary alicyclic amines) is 1. The summed E-state index contributed by atoms with van der Waals surface area (Å²) >= 11 is 0. The lowest BCUT2D eigenvalue weighted by molar-refractivity contribution is 0.120. The molecule has 1 fully saturated rings. The van der Waals surface area contributed by atoms with E-state index in [-0.39, 0.29) is 0 Å². The largest absolute Gasteiger partial charge is 0.375 e. The second kappa shape index (κ2) is 8.97. The van der Waals surface area contributed by atoms with Crippen LogP contribution >= 0.6 is 0 Å². The van der Waals surface area contributed by atoms with E-state index in [0.717, 1.165) is 26.2 Å². The van der Waals surface area contributed by atoms with Gasteiger partial charge >= 0.3 is 0 Å². The van der Waals surface area contributed by atoms with Crippen molar-refractivity contribution >= 4 is 0 Å². The molecule has 0 radical (unpaired) electrons. The zero-order valence-electron chi connectivity index (χ0n) is 14.5. The zero-order chi connectivity index (χ0) is 16.6. The monoisotopic (exact) mass is 324 g/mol. The highest BCUT2D eigenvalue weighted by Gasteiger charge is 2.28. The van der Waals surface area contributed by atoms with E-state index in [1.54, 1.807) is 0 Å². The zero-order valence-corrected chi connectivity index (χ0v) is 14.5. The molecular formula is C21H28N2O. The third kappa shape index (κ3) is 5.17. The van der Waals surface area contributed by atoms with E-state index in [0.29, 0.717) is 18.7 Å². The van der Waals surface area contributed by atoms with Gasteiger partial charge < -0.3 is 10.1 Å². The number of hydrogen-bond donors (Lipinski definition) is 1. The molecule has 24 heavy (non-hydrogen) atoms. The second-order valence-corrected chi connectivity index (χ2v) is 6.69. The molecule has 0 aliphatic carbocycles. The molecule has 3 rings (SSSR count). The molecule has 2 aromatic rings. The molecule has 0 bridgehead atoms. The lowest BCUT2D eigenvalue weighted by Crippen LogP contribution is -2.34. The van der Waals surface area contributed by atoms with Gasteiger partial charge in [0.2, 0.25) is 0 Å². The van der Waals surface area contributed by atoms with Crippen molar-refractivity contribution in [2.45, 2.75) is 38.6 Å². The van der Waals surface area contributed by atoms with E-state index in [1.807, 2.05) is 6.07 Å². The van der Waals surface area contributed by atoms with Gasteiger partial charge in [0.15, 0.2) is 0 Å². The summed E-state index contributed by atoms with van der Waals surface area (Å²) in [5, 5.41) is 3.65. The molecule has 1 saturated heterocycles. The Labute approximate surface area is 145 Å². The van der Waals surface area contributed by atoms with Gasteiger partial charge in [-0.25, -0.2) is 0 Å². The van der Waals surface area contributed by atoms with Gasteiger partial charge in [-0.05, 0) is 24.5 Å². The van der Waals surface area contributed by atoms with Crippen LogP contribution in [0.3, 0.4) is 0 Å². The molecule has 2 atom stereocenters. The predicted molar refractivity (Wildman–Crippen MR) is 98.8 cm³/mol. The van der Waals surface area contributed by atoms with Gasteiger partial charge in [-0.1, -0.05) is 60.7 Å². The minimum absolute atomic E-state index is 0.573. The van der Waals surface area contributed by atoms with Gasteiger partial charge in [0.1, 0.15) is 0 Å². The average molecular weight is 324 g/mol. The third-order valence-electron chi connectivity index (χ3n) is 4.72. The van der Waals surface area contributed by atoms with Crippen molar-refractivity contribution in [1.82, 2.24) is 10.2 Å². The summed E-state index contributed by atoms with van der Waals surface area (Å²) in [7, 11) is 0. The van der Waals surface area contributed by atoms with Crippen LogP contribution < -0.4 is 5.32 Å². The van der Waals surface area contributed by atoms with Crippen LogP contribution in [0, 0.1) is 0 Å². The molecule has 2 unspecified atom stereocenters. The SMILES string of the molecule is CC1CC(NCCOCc2ccccc2)CN1Cc1ccccc1. The highest BCUT2D eigenvalue weighted by Crippen LogP contribution is 2.20. The Bertz CT molecular complexity index is 587. The normalized spacial score (nSPS) is 21.2. The fourth-order valence-corrected chi connectivity index (χ4v) is 3.38. The summed E-state index contributed by atoms with van der Waals surface area (Å²) in [6.45, 7) is 6.88. The van der Waals surface area contributed by atoms with Gasteiger partial charge in [-0.2, -0.15) is 0 Å². The molecular weight excluding hydrogens is 296 g/mol. The maximum Gasteiger partial charge on any atom is 0.0717 e. The number of nitrogens with zero attached hydrogens (tertiary/aromatic N) is 1. The van der Waals surface area contributed by atoms with Crippen LogP contribution in [-0.4, -0.2) is 36.7 Å². The van der Waals surface area contributed by atoms with Gasteiger partial charge in [0.05, 0.1) is 13.2 Å². The number of ether oxygens (including phenoxy) is 1. The molecule has 0 spiro atoms. The van der Waals surface area contributed by atoms with Crippen LogP contribution in [0.4, 0.5) is 0 Å². The lowest BCUT2D eigenvalue weighted by Gasteiger charge is -2.21. The number of hydrogen-bond acceptors (Lipinski definition) is 3. The standard InChI is InChI=1S/C21H28N2O/c1-18-14-21(16-23(18)15-19-8-4-2-5-9-19)22-12-13-24-17-20-10-6-3-7-11-20/h2-11,18,21-22H,12-17H2,1H3. The summed E-state index contributed by atoms with van der Waals surface area (Å²) in [6.07, 6.45) is 1.21. The van der Waals surface area contributed by atoms with Crippen molar-refractivity contribution in [2.24, 2.45) is 0 Å². The summed E-state index contributed by atoms with van der Waals surface area (Å²) in [6, 6.07) is 22.3. The Morgan fingerprint density at radius 2 is 1.67 bits per heavy atom. The molecule has 3 heteroatoms. The van der Waals surface area contributed by atoms with E-state index in [2.05, 4.69) is 71.7 Å². The van der Waals surface area contributed by atoms with Gasteiger partial charge in [0.25, 0.3) is 0 Å². The fraction of sp³-hybridized carbons (Fsp3) is 0.429. The maximum atomic E-state index is 5.75. The molecule has 2 aromatic carbocycles. The van der Waals surface area contributed by atoms with Crippen molar-refractivity contribution in [1.29, 1.82) is 0 Å². The lowest BCUT2D eigenvalue weighted by atomic mass is 10.2. The Hall–Kier alpha value is -1.68. The topological polar surface area (TPSA) is 24.5 Å². The van der Waals surface area contributed by atoms with Crippen molar-refractivity contribution in [2.75, 3.05) is 19.7 Å². The highest BCUT2D eigenvalue weighted by molar-refractivity contribution is 5.15. The van der Waals surface area contributed by atoms with E-state index in [9.17, 15) is 0 Å². The van der Waals surface area contributed by atoms with Crippen LogP contribution in [0.2, 0.25) is 0 Å². The van der Waals surface area contributed by atoms with E-state index in [1.165, 1.54) is 17.5 Å². The minimum atomic E-state index is 0.573. The number of benzene rings is 2. The van der Waals surface area contributed by atoms with Crippen LogP contribution in [-0.2, 0) is 17.9 Å². The molecule has 0 saturated carbocycles. The molecule has 1 aliphatic rings. The molecule has 0 amide bonds. The highest BCUT2D eigenvalue weighted by atomic mass is 16.5. The summed E-state index contributed by atoms with van der Waals surface area (Å²) in [4.78, 5) is 2.57. The van der Waals surface area contributed by atoms with Gasteiger partial charge in [-0.15, -0.1) is 0 Å². The van der Waals surface area contributed by atoms with Crippen LogP contribution in [0.1, 0.15) is 24.5 Å². The van der Waals surface area contributed by atoms with Crippen LogP contribution in [0.15, 0.2) is 60.7 Å². The second-order valence-electron chi connectivity index (χ2n) is 6.69. The molecule has 1 N–H and O–H groups in total. The van der Waals surface area contributed by atoms with Crippen LogP contribution in [0.25, 0.3) is 0 Å². The van der Waals surface area contributed by atoms with E-state index < -0.39 is 0 Å². The van der Waals surface area contributed by atoms with Crippen molar-refractivity contribution in [3.8, 4) is 0 Å². The van der Waals surface area contributed by atoms with E-state index in [4.69, 9.17) is 4.74 Å². The maximum absolute atomic E-state index is 5.75. The summed E-state index contributed by atoms with van der Waals surface area (Å²) in [5.74, 6) is 0. The Morgan fingerprint density at radius 1 is 1.00 bits per heavy atom. The molecule has 128 valence electrons. The summed E-state index contributed by atoms with van der Waals surface area (Å²) < 4.78 is 5.75. The quantitative estimate of drug-likeness (QED) is 0.753. The smallest absolute Gasteiger partial charge is 0.0717 e. The van der Waals surface area contributed by atoms with Crippen molar-refractivity contribution in [3.63, 3.8) is 0 Å². The summed E-state index contributed by atoms with van der Waals surface area (Å²) in [5.41, 5.74) is 2.64. The van der Waals surface area contributed by atoms with Gasteiger partial charge in [0, 0.05) is 31.7 Å². The van der Waals surface area contributed by atoms with Crippen molar-refractivity contribution < 1.29 is 4.74 Å².